The lowest BCUT2D eigenvalue weighted by Gasteiger charge is -2.22. The third kappa shape index (κ3) is 11.5. The van der Waals surface area contributed by atoms with E-state index in [1.54, 1.807) is 31.2 Å². The number of alkyl halides is 3. The predicted octanol–water partition coefficient (Wildman–Crippen LogP) is 6.62. The van der Waals surface area contributed by atoms with Crippen LogP contribution in [0.3, 0.4) is 0 Å². The van der Waals surface area contributed by atoms with E-state index in [-0.39, 0.29) is 44.3 Å². The molecular formula is C31H33F4NO7. The van der Waals surface area contributed by atoms with Crippen LogP contribution >= 0.6 is 0 Å². The summed E-state index contributed by atoms with van der Waals surface area (Å²) in [6.45, 7) is 2.63. The number of carbonyl (C=O) groups excluding carboxylic acids is 1. The molecule has 0 aliphatic rings. The van der Waals surface area contributed by atoms with Crippen LogP contribution in [0.5, 0.6) is 17.2 Å². The molecule has 1 unspecified atom stereocenters. The van der Waals surface area contributed by atoms with Crippen molar-refractivity contribution in [3.63, 3.8) is 0 Å². The van der Waals surface area contributed by atoms with Gasteiger partial charge in [-0.3, -0.25) is 0 Å². The number of carboxylic acids is 1. The molecule has 8 nitrogen and oxygen atoms in total. The highest BCUT2D eigenvalue weighted by Gasteiger charge is 2.31. The van der Waals surface area contributed by atoms with Crippen molar-refractivity contribution in [3.8, 4) is 17.2 Å². The molecule has 12 heteroatoms. The summed E-state index contributed by atoms with van der Waals surface area (Å²) in [5, 5.41) is 9.27. The lowest BCUT2D eigenvalue weighted by atomic mass is 10.1. The second-order valence-corrected chi connectivity index (χ2v) is 9.37. The van der Waals surface area contributed by atoms with Crippen molar-refractivity contribution in [2.75, 3.05) is 32.9 Å². The van der Waals surface area contributed by atoms with Gasteiger partial charge in [0.1, 0.15) is 29.7 Å². The molecule has 0 saturated heterocycles. The smallest absolute Gasteiger partial charge is 0.416 e. The first-order valence-electron chi connectivity index (χ1n) is 13.6. The highest BCUT2D eigenvalue weighted by molar-refractivity contribution is 5.72. The van der Waals surface area contributed by atoms with Crippen LogP contribution in [0.25, 0.3) is 0 Å². The third-order valence-corrected chi connectivity index (χ3v) is 6.15. The number of rotatable bonds is 16. The predicted molar refractivity (Wildman–Crippen MR) is 149 cm³/mol. The van der Waals surface area contributed by atoms with Gasteiger partial charge in [-0.05, 0) is 79.9 Å². The number of ether oxygens (including phenoxy) is 4. The summed E-state index contributed by atoms with van der Waals surface area (Å²) >= 11 is 0. The molecule has 1 atom stereocenters. The number of aliphatic carboxylic acids is 1. The van der Waals surface area contributed by atoms with E-state index < -0.39 is 29.9 Å². The molecule has 0 aliphatic carbocycles. The van der Waals surface area contributed by atoms with E-state index in [0.717, 1.165) is 23.8 Å². The fourth-order valence-electron chi connectivity index (χ4n) is 3.95. The van der Waals surface area contributed by atoms with Crippen molar-refractivity contribution in [1.29, 1.82) is 0 Å². The van der Waals surface area contributed by atoms with Crippen molar-refractivity contribution in [3.05, 3.63) is 89.7 Å². The van der Waals surface area contributed by atoms with Crippen molar-refractivity contribution < 1.29 is 51.2 Å². The molecule has 0 fully saturated rings. The number of nitrogens with zero attached hydrogens (tertiary/aromatic N) is 1. The number of hydrogen-bond acceptors (Lipinski definition) is 6. The molecule has 1 N–H and O–H groups in total. The van der Waals surface area contributed by atoms with E-state index in [1.165, 1.54) is 35.2 Å². The fraction of sp³-hybridized carbons (Fsp3) is 0.355. The largest absolute Gasteiger partial charge is 0.494 e. The van der Waals surface area contributed by atoms with Gasteiger partial charge in [-0.25, -0.2) is 14.0 Å². The number of carboxylic acid groups (broad SMARTS) is 1. The molecule has 1 amide bonds. The molecule has 3 aromatic carbocycles. The quantitative estimate of drug-likeness (QED) is 0.145. The number of hydrogen-bond donors (Lipinski definition) is 1. The molecule has 0 aliphatic heterocycles. The standard InChI is InChI=1S/C31H33F4NO7/c1-2-40-28(29(37)38)20-22-8-12-25(13-9-22)42-19-17-36(16-3-4-18-41-26-14-10-24(32)11-15-26)30(39)43-27-7-5-6-23(21-27)31(33,34)35/h5-15,21,28H,2-4,16-20H2,1H3,(H,37,38). The van der Waals surface area contributed by atoms with Crippen molar-refractivity contribution in [2.24, 2.45) is 0 Å². The summed E-state index contributed by atoms with van der Waals surface area (Å²) in [5.41, 5.74) is -0.202. The highest BCUT2D eigenvalue weighted by atomic mass is 19.4. The van der Waals surface area contributed by atoms with Gasteiger partial charge in [0.05, 0.1) is 18.7 Å². The minimum absolute atomic E-state index is 0.0554. The number of amides is 1. The normalized spacial score (nSPS) is 11.9. The average molecular weight is 608 g/mol. The van der Waals surface area contributed by atoms with Crippen LogP contribution in [0, 0.1) is 5.82 Å². The van der Waals surface area contributed by atoms with Crippen LogP contribution in [0.4, 0.5) is 22.4 Å². The summed E-state index contributed by atoms with van der Waals surface area (Å²) in [6.07, 6.45) is -5.19. The molecule has 0 spiro atoms. The van der Waals surface area contributed by atoms with Gasteiger partial charge in [-0.1, -0.05) is 18.2 Å². The van der Waals surface area contributed by atoms with Crippen LogP contribution < -0.4 is 14.2 Å². The lowest BCUT2D eigenvalue weighted by Crippen LogP contribution is -2.37. The van der Waals surface area contributed by atoms with Gasteiger partial charge in [-0.15, -0.1) is 0 Å². The molecule has 0 radical (unpaired) electrons. The van der Waals surface area contributed by atoms with E-state index in [0.29, 0.717) is 30.9 Å². The Morgan fingerprint density at radius 3 is 2.14 bits per heavy atom. The monoisotopic (exact) mass is 607 g/mol. The molecule has 43 heavy (non-hydrogen) atoms. The molecular weight excluding hydrogens is 574 g/mol. The first-order chi connectivity index (χ1) is 20.5. The van der Waals surface area contributed by atoms with E-state index in [4.69, 9.17) is 18.9 Å². The molecule has 0 aromatic heterocycles. The molecule has 0 bridgehead atoms. The van der Waals surface area contributed by atoms with Gasteiger partial charge in [-0.2, -0.15) is 13.2 Å². The fourth-order valence-corrected chi connectivity index (χ4v) is 3.95. The first kappa shape index (κ1) is 33.2. The lowest BCUT2D eigenvalue weighted by molar-refractivity contribution is -0.150. The Kier molecular flexibility index (Phi) is 12.6. The topological polar surface area (TPSA) is 94.5 Å². The van der Waals surface area contributed by atoms with Crippen LogP contribution in [-0.4, -0.2) is 61.1 Å². The van der Waals surface area contributed by atoms with Gasteiger partial charge < -0.3 is 29.0 Å². The summed E-state index contributed by atoms with van der Waals surface area (Å²) in [6, 6.07) is 16.4. The van der Waals surface area contributed by atoms with Gasteiger partial charge in [0.25, 0.3) is 0 Å². The zero-order valence-corrected chi connectivity index (χ0v) is 23.5. The highest BCUT2D eigenvalue weighted by Crippen LogP contribution is 2.31. The molecule has 0 heterocycles. The molecule has 3 rings (SSSR count). The Hall–Kier alpha value is -4.32. The zero-order chi connectivity index (χ0) is 31.2. The first-order valence-corrected chi connectivity index (χ1v) is 13.6. The molecule has 0 saturated carbocycles. The second-order valence-electron chi connectivity index (χ2n) is 9.37. The van der Waals surface area contributed by atoms with Crippen LogP contribution in [-0.2, 0) is 22.1 Å². The Balaban J connectivity index is 1.57. The van der Waals surface area contributed by atoms with E-state index in [9.17, 15) is 32.3 Å². The number of benzene rings is 3. The maximum Gasteiger partial charge on any atom is 0.416 e. The summed E-state index contributed by atoms with van der Waals surface area (Å²) in [5.74, 6) is -0.702. The van der Waals surface area contributed by atoms with E-state index in [2.05, 4.69) is 0 Å². The Bertz CT molecular complexity index is 1300. The van der Waals surface area contributed by atoms with Crippen LogP contribution in [0.15, 0.2) is 72.8 Å². The van der Waals surface area contributed by atoms with Crippen LogP contribution in [0.1, 0.15) is 30.9 Å². The number of halogens is 4. The van der Waals surface area contributed by atoms with Gasteiger partial charge in [0, 0.05) is 19.6 Å². The van der Waals surface area contributed by atoms with Crippen molar-refractivity contribution in [2.45, 2.75) is 38.5 Å². The zero-order valence-electron chi connectivity index (χ0n) is 23.5. The summed E-state index contributed by atoms with van der Waals surface area (Å²) in [7, 11) is 0. The molecule has 232 valence electrons. The average Bonchev–Trinajstić information content (AvgIpc) is 2.97. The number of unbranched alkanes of at least 4 members (excludes halogenated alkanes) is 1. The Morgan fingerprint density at radius 1 is 0.860 bits per heavy atom. The van der Waals surface area contributed by atoms with Crippen molar-refractivity contribution >= 4 is 12.1 Å². The van der Waals surface area contributed by atoms with Crippen molar-refractivity contribution in [1.82, 2.24) is 4.90 Å². The van der Waals surface area contributed by atoms with E-state index >= 15 is 0 Å². The maximum atomic E-state index is 13.1. The summed E-state index contributed by atoms with van der Waals surface area (Å²) < 4.78 is 74.2. The van der Waals surface area contributed by atoms with Crippen LogP contribution in [0.2, 0.25) is 0 Å². The Labute approximate surface area is 246 Å². The van der Waals surface area contributed by atoms with Gasteiger partial charge >= 0.3 is 18.2 Å². The summed E-state index contributed by atoms with van der Waals surface area (Å²) in [4.78, 5) is 25.6. The Morgan fingerprint density at radius 2 is 1.51 bits per heavy atom. The number of carbonyl (C=O) groups is 2. The minimum Gasteiger partial charge on any atom is -0.494 e. The molecule has 3 aromatic rings. The minimum atomic E-state index is -4.59. The second kappa shape index (κ2) is 16.4. The SMILES string of the molecule is CCOC(Cc1ccc(OCCN(CCCCOc2ccc(F)cc2)C(=O)Oc2cccc(C(F)(F)F)c2)cc1)C(=O)O. The third-order valence-electron chi connectivity index (χ3n) is 6.15. The van der Waals surface area contributed by atoms with E-state index in [1.807, 2.05) is 0 Å². The van der Waals surface area contributed by atoms with Gasteiger partial charge in [0.2, 0.25) is 0 Å². The van der Waals surface area contributed by atoms with Gasteiger partial charge in [0.15, 0.2) is 6.10 Å². The maximum absolute atomic E-state index is 13.1.